The molecule has 0 aromatic heterocycles. The highest BCUT2D eigenvalue weighted by Gasteiger charge is 2.13. The molecule has 0 saturated carbocycles. The molecule has 0 aliphatic heterocycles. The SMILES string of the molecule is O=P(O)(O)COc1ccc(OCc2ccccc2)cc1. The Hall–Kier alpha value is -1.81. The average molecular weight is 294 g/mol. The van der Waals surface area contributed by atoms with E-state index < -0.39 is 13.9 Å². The Labute approximate surface area is 116 Å². The molecular weight excluding hydrogens is 279 g/mol. The summed E-state index contributed by atoms with van der Waals surface area (Å²) < 4.78 is 21.2. The summed E-state index contributed by atoms with van der Waals surface area (Å²) in [6, 6.07) is 16.4. The summed E-state index contributed by atoms with van der Waals surface area (Å²) in [6.45, 7) is 0.462. The third-order valence-electron chi connectivity index (χ3n) is 2.47. The zero-order valence-electron chi connectivity index (χ0n) is 10.7. The number of benzene rings is 2. The Morgan fingerprint density at radius 2 is 1.40 bits per heavy atom. The van der Waals surface area contributed by atoms with Crippen molar-refractivity contribution in [3.8, 4) is 11.5 Å². The van der Waals surface area contributed by atoms with Crippen LogP contribution in [0, 0.1) is 0 Å². The van der Waals surface area contributed by atoms with E-state index in [1.165, 1.54) is 0 Å². The Morgan fingerprint density at radius 1 is 0.850 bits per heavy atom. The lowest BCUT2D eigenvalue weighted by Gasteiger charge is -2.09. The molecule has 20 heavy (non-hydrogen) atoms. The zero-order valence-corrected chi connectivity index (χ0v) is 11.6. The fraction of sp³-hybridized carbons (Fsp3) is 0.143. The molecule has 2 aromatic rings. The molecule has 5 nitrogen and oxygen atoms in total. The topological polar surface area (TPSA) is 76.0 Å². The summed E-state index contributed by atoms with van der Waals surface area (Å²) in [4.78, 5) is 17.4. The van der Waals surface area contributed by atoms with Crippen molar-refractivity contribution in [3.63, 3.8) is 0 Å². The molecule has 6 heteroatoms. The van der Waals surface area contributed by atoms with Crippen LogP contribution >= 0.6 is 7.60 Å². The van der Waals surface area contributed by atoms with E-state index in [9.17, 15) is 4.57 Å². The van der Waals surface area contributed by atoms with Crippen LogP contribution in [0.1, 0.15) is 5.56 Å². The first kappa shape index (κ1) is 14.6. The van der Waals surface area contributed by atoms with Crippen LogP contribution in [0.15, 0.2) is 54.6 Å². The van der Waals surface area contributed by atoms with Crippen LogP contribution in [0.3, 0.4) is 0 Å². The Balaban J connectivity index is 1.87. The van der Waals surface area contributed by atoms with Gasteiger partial charge in [-0.05, 0) is 29.8 Å². The van der Waals surface area contributed by atoms with Crippen LogP contribution in [0.4, 0.5) is 0 Å². The third kappa shape index (κ3) is 5.05. The highest BCUT2D eigenvalue weighted by molar-refractivity contribution is 7.51. The maximum atomic E-state index is 10.7. The van der Waals surface area contributed by atoms with Gasteiger partial charge in [0.05, 0.1) is 0 Å². The van der Waals surface area contributed by atoms with Gasteiger partial charge >= 0.3 is 7.60 Å². The number of hydrogen-bond donors (Lipinski definition) is 2. The third-order valence-corrected chi connectivity index (χ3v) is 2.94. The van der Waals surface area contributed by atoms with Crippen LogP contribution in [-0.2, 0) is 11.2 Å². The van der Waals surface area contributed by atoms with Crippen molar-refractivity contribution in [1.29, 1.82) is 0 Å². The van der Waals surface area contributed by atoms with Crippen molar-refractivity contribution in [2.45, 2.75) is 6.61 Å². The monoisotopic (exact) mass is 294 g/mol. The fourth-order valence-corrected chi connectivity index (χ4v) is 1.85. The van der Waals surface area contributed by atoms with E-state index in [1.807, 2.05) is 30.3 Å². The summed E-state index contributed by atoms with van der Waals surface area (Å²) in [5, 5.41) is 0. The largest absolute Gasteiger partial charge is 0.489 e. The van der Waals surface area contributed by atoms with Crippen molar-refractivity contribution in [2.24, 2.45) is 0 Å². The molecule has 106 valence electrons. The van der Waals surface area contributed by atoms with E-state index in [-0.39, 0.29) is 0 Å². The molecule has 0 unspecified atom stereocenters. The lowest BCUT2D eigenvalue weighted by atomic mass is 10.2. The summed E-state index contributed by atoms with van der Waals surface area (Å²) in [5.41, 5.74) is 1.06. The fourth-order valence-electron chi connectivity index (χ4n) is 1.53. The van der Waals surface area contributed by atoms with Gasteiger partial charge in [0.1, 0.15) is 18.1 Å². The lowest BCUT2D eigenvalue weighted by Crippen LogP contribution is -1.98. The minimum absolute atomic E-state index is 0.389. The Kier molecular flexibility index (Phi) is 4.79. The molecule has 0 saturated heterocycles. The van der Waals surface area contributed by atoms with Gasteiger partial charge in [0, 0.05) is 0 Å². The minimum atomic E-state index is -4.15. The van der Waals surface area contributed by atoms with E-state index in [1.54, 1.807) is 24.3 Å². The second-order valence-corrected chi connectivity index (χ2v) is 5.77. The molecule has 0 heterocycles. The molecule has 0 radical (unpaired) electrons. The van der Waals surface area contributed by atoms with Crippen molar-refractivity contribution >= 4 is 7.60 Å². The van der Waals surface area contributed by atoms with Crippen molar-refractivity contribution in [2.75, 3.05) is 6.35 Å². The van der Waals surface area contributed by atoms with Crippen molar-refractivity contribution < 1.29 is 23.8 Å². The summed E-state index contributed by atoms with van der Waals surface area (Å²) in [5.74, 6) is 1.05. The molecule has 2 aromatic carbocycles. The molecule has 2 rings (SSSR count). The second kappa shape index (κ2) is 6.57. The molecular formula is C14H15O5P. The zero-order chi connectivity index (χ0) is 14.4. The maximum absolute atomic E-state index is 10.7. The van der Waals surface area contributed by atoms with E-state index in [0.717, 1.165) is 5.56 Å². The van der Waals surface area contributed by atoms with Crippen molar-refractivity contribution in [1.82, 2.24) is 0 Å². The van der Waals surface area contributed by atoms with E-state index in [2.05, 4.69) is 0 Å². The van der Waals surface area contributed by atoms with Crippen molar-refractivity contribution in [3.05, 3.63) is 60.2 Å². The van der Waals surface area contributed by atoms with Gasteiger partial charge in [0.15, 0.2) is 6.35 Å². The second-order valence-electron chi connectivity index (χ2n) is 4.18. The molecule has 0 fully saturated rings. The quantitative estimate of drug-likeness (QED) is 0.801. The van der Waals surface area contributed by atoms with Gasteiger partial charge in [0.2, 0.25) is 0 Å². The molecule has 0 atom stereocenters. The first-order valence-corrected chi connectivity index (χ1v) is 7.77. The van der Waals surface area contributed by atoms with E-state index in [0.29, 0.717) is 18.1 Å². The van der Waals surface area contributed by atoms with Gasteiger partial charge in [-0.3, -0.25) is 4.57 Å². The predicted molar refractivity (Wildman–Crippen MR) is 74.8 cm³/mol. The van der Waals surface area contributed by atoms with Gasteiger partial charge in [-0.1, -0.05) is 30.3 Å². The first-order valence-electron chi connectivity index (χ1n) is 5.97. The number of rotatable bonds is 6. The highest BCUT2D eigenvalue weighted by atomic mass is 31.2. The average Bonchev–Trinajstić information content (AvgIpc) is 2.44. The van der Waals surface area contributed by atoms with E-state index in [4.69, 9.17) is 19.3 Å². The van der Waals surface area contributed by atoms with Gasteiger partial charge < -0.3 is 19.3 Å². The maximum Gasteiger partial charge on any atom is 0.362 e. The smallest absolute Gasteiger partial charge is 0.362 e. The molecule has 0 aliphatic rings. The standard InChI is InChI=1S/C14H15O5P/c15-20(16,17)11-19-14-8-6-13(7-9-14)18-10-12-4-2-1-3-5-12/h1-9H,10-11H2,(H2,15,16,17). The summed E-state index contributed by atoms with van der Waals surface area (Å²) in [6.07, 6.45) is -0.628. The molecule has 0 spiro atoms. The molecule has 0 aliphatic carbocycles. The van der Waals surface area contributed by atoms with Gasteiger partial charge in [-0.15, -0.1) is 0 Å². The van der Waals surface area contributed by atoms with Gasteiger partial charge in [-0.25, -0.2) is 0 Å². The van der Waals surface area contributed by atoms with Crippen LogP contribution in [0.2, 0.25) is 0 Å². The lowest BCUT2D eigenvalue weighted by molar-refractivity contribution is 0.296. The summed E-state index contributed by atoms with van der Waals surface area (Å²) >= 11 is 0. The van der Waals surface area contributed by atoms with Crippen LogP contribution in [0.5, 0.6) is 11.5 Å². The highest BCUT2D eigenvalue weighted by Crippen LogP contribution is 2.34. The molecule has 0 bridgehead atoms. The first-order chi connectivity index (χ1) is 9.53. The van der Waals surface area contributed by atoms with Crippen LogP contribution < -0.4 is 9.47 Å². The minimum Gasteiger partial charge on any atom is -0.489 e. The summed E-state index contributed by atoms with van der Waals surface area (Å²) in [7, 11) is -4.15. The van der Waals surface area contributed by atoms with Gasteiger partial charge in [0.25, 0.3) is 0 Å². The molecule has 0 amide bonds. The number of ether oxygens (including phenoxy) is 2. The van der Waals surface area contributed by atoms with Crippen LogP contribution in [0.25, 0.3) is 0 Å². The van der Waals surface area contributed by atoms with Crippen LogP contribution in [-0.4, -0.2) is 16.1 Å². The normalized spacial score (nSPS) is 11.1. The van der Waals surface area contributed by atoms with E-state index >= 15 is 0 Å². The Morgan fingerprint density at radius 3 is 1.95 bits per heavy atom. The van der Waals surface area contributed by atoms with Gasteiger partial charge in [-0.2, -0.15) is 0 Å². The number of hydrogen-bond acceptors (Lipinski definition) is 3. The predicted octanol–water partition coefficient (Wildman–Crippen LogP) is 2.78. The Bertz CT molecular complexity index is 576. The molecule has 2 N–H and O–H groups in total.